The molecule has 196 valence electrons. The van der Waals surface area contributed by atoms with Gasteiger partial charge in [0.1, 0.15) is 5.82 Å². The Kier molecular flexibility index (Phi) is 8.30. The molecule has 10 nitrogen and oxygen atoms in total. The van der Waals surface area contributed by atoms with E-state index >= 15 is 0 Å². The maximum atomic E-state index is 7.83. The minimum atomic E-state index is 0.287. The average molecular weight is 515 g/mol. The fraction of sp³-hybridized carbons (Fsp3) is 0.680. The molecule has 0 bridgehead atoms. The third-order valence-corrected chi connectivity index (χ3v) is 8.05. The summed E-state index contributed by atoms with van der Waals surface area (Å²) in [7, 11) is 0. The van der Waals surface area contributed by atoms with Crippen molar-refractivity contribution >= 4 is 39.7 Å². The number of hydrogen-bond donors (Lipinski definition) is 4. The number of rotatable bonds is 10. The molecule has 0 atom stereocenters. The van der Waals surface area contributed by atoms with Crippen LogP contribution in [0.15, 0.2) is 11.9 Å². The van der Waals surface area contributed by atoms with Crippen LogP contribution in [0.4, 0.5) is 11.8 Å². The molecular weight excluding hydrogens is 476 g/mol. The Balaban J connectivity index is 1.30. The highest BCUT2D eigenvalue weighted by atomic mass is 32.1. The van der Waals surface area contributed by atoms with Crippen molar-refractivity contribution in [3.05, 3.63) is 17.6 Å². The molecule has 5 rings (SSSR count). The van der Waals surface area contributed by atoms with Gasteiger partial charge in [0.15, 0.2) is 4.83 Å². The van der Waals surface area contributed by atoms with Gasteiger partial charge < -0.3 is 30.8 Å². The molecule has 3 aliphatic rings. The van der Waals surface area contributed by atoms with E-state index in [0.717, 1.165) is 80.6 Å². The van der Waals surface area contributed by atoms with E-state index in [1.54, 1.807) is 0 Å². The van der Waals surface area contributed by atoms with Crippen molar-refractivity contribution in [1.82, 2.24) is 24.6 Å². The Morgan fingerprint density at radius 3 is 2.58 bits per heavy atom. The van der Waals surface area contributed by atoms with Gasteiger partial charge in [0.05, 0.1) is 43.2 Å². The number of ether oxygens (including phenoxy) is 2. The number of anilines is 2. The standard InChI is InChI=1S/C25H38N8O2S/c1-16(2)22-21-23(28-18-3-5-20(6-4-18)33-7-9-34-10-8-33)30-25(31-24(21)36-32-22)29-19(11-26)13-27-12-17-14-35-15-17/h11,13,16-18,20,26-27H,3-10,12,14-15H2,1-2H3,(H2,28,29,30,31)/b19-13+,26-11?/t18-,20-. The molecule has 0 spiro atoms. The van der Waals surface area contributed by atoms with E-state index in [2.05, 4.69) is 34.7 Å². The van der Waals surface area contributed by atoms with E-state index in [0.29, 0.717) is 29.6 Å². The van der Waals surface area contributed by atoms with Gasteiger partial charge in [-0.1, -0.05) is 13.8 Å². The van der Waals surface area contributed by atoms with Crippen LogP contribution in [0.1, 0.15) is 51.1 Å². The molecule has 4 N–H and O–H groups in total. The largest absolute Gasteiger partial charge is 0.389 e. The van der Waals surface area contributed by atoms with Crippen molar-refractivity contribution in [3.63, 3.8) is 0 Å². The minimum Gasteiger partial charge on any atom is -0.389 e. The van der Waals surface area contributed by atoms with Gasteiger partial charge in [0.25, 0.3) is 0 Å². The Morgan fingerprint density at radius 1 is 1.14 bits per heavy atom. The van der Waals surface area contributed by atoms with Crippen molar-refractivity contribution < 1.29 is 9.47 Å². The first-order chi connectivity index (χ1) is 17.6. The fourth-order valence-corrected chi connectivity index (χ4v) is 6.04. The summed E-state index contributed by atoms with van der Waals surface area (Å²) >= 11 is 1.41. The van der Waals surface area contributed by atoms with Crippen LogP contribution in [0.5, 0.6) is 0 Å². The summed E-state index contributed by atoms with van der Waals surface area (Å²) in [4.78, 5) is 13.1. The van der Waals surface area contributed by atoms with Crippen LogP contribution in [0, 0.1) is 11.3 Å². The van der Waals surface area contributed by atoms with Crippen LogP contribution < -0.4 is 16.0 Å². The van der Waals surface area contributed by atoms with Crippen LogP contribution in [0.2, 0.25) is 0 Å². The van der Waals surface area contributed by atoms with Crippen molar-refractivity contribution in [2.24, 2.45) is 5.92 Å². The molecule has 2 saturated heterocycles. The second-order valence-corrected chi connectivity index (χ2v) is 11.0. The monoisotopic (exact) mass is 514 g/mol. The second kappa shape index (κ2) is 11.8. The maximum Gasteiger partial charge on any atom is 0.230 e. The Labute approximate surface area is 216 Å². The van der Waals surface area contributed by atoms with Crippen LogP contribution in [-0.2, 0) is 9.47 Å². The smallest absolute Gasteiger partial charge is 0.230 e. The molecule has 2 aromatic rings. The summed E-state index contributed by atoms with van der Waals surface area (Å²) in [6.07, 6.45) is 7.70. The van der Waals surface area contributed by atoms with Crippen LogP contribution in [-0.4, -0.2) is 83.6 Å². The lowest BCUT2D eigenvalue weighted by molar-refractivity contribution is -0.0293. The molecule has 11 heteroatoms. The van der Waals surface area contributed by atoms with Gasteiger partial charge in [-0.3, -0.25) is 4.90 Å². The van der Waals surface area contributed by atoms with Gasteiger partial charge in [0, 0.05) is 50.1 Å². The van der Waals surface area contributed by atoms with E-state index < -0.39 is 0 Å². The lowest BCUT2D eigenvalue weighted by atomic mass is 9.90. The molecule has 36 heavy (non-hydrogen) atoms. The topological polar surface area (TPSA) is 120 Å². The third kappa shape index (κ3) is 5.96. The number of nitrogens with one attached hydrogen (secondary N) is 4. The van der Waals surface area contributed by atoms with Crippen LogP contribution >= 0.6 is 11.5 Å². The zero-order valence-electron chi connectivity index (χ0n) is 21.3. The number of allylic oxidation sites excluding steroid dienone is 1. The maximum absolute atomic E-state index is 7.83. The molecular formula is C25H38N8O2S. The predicted octanol–water partition coefficient (Wildman–Crippen LogP) is 3.40. The van der Waals surface area contributed by atoms with Crippen LogP contribution in [0.3, 0.4) is 0 Å². The highest BCUT2D eigenvalue weighted by molar-refractivity contribution is 7.13. The summed E-state index contributed by atoms with van der Waals surface area (Å²) in [5.74, 6) is 2.14. The fourth-order valence-electron chi connectivity index (χ4n) is 5.13. The summed E-state index contributed by atoms with van der Waals surface area (Å²) in [6.45, 7) is 10.5. The third-order valence-electron chi connectivity index (χ3n) is 7.29. The first-order valence-electron chi connectivity index (χ1n) is 13.1. The van der Waals surface area contributed by atoms with Gasteiger partial charge in [-0.25, -0.2) is 0 Å². The number of hydrogen-bond acceptors (Lipinski definition) is 11. The van der Waals surface area contributed by atoms with Crippen molar-refractivity contribution in [2.45, 2.75) is 57.5 Å². The molecule has 0 radical (unpaired) electrons. The Morgan fingerprint density at radius 2 is 1.92 bits per heavy atom. The molecule has 0 amide bonds. The van der Waals surface area contributed by atoms with Gasteiger partial charge >= 0.3 is 0 Å². The van der Waals surface area contributed by atoms with Crippen molar-refractivity contribution in [2.75, 3.05) is 56.7 Å². The number of fused-ring (bicyclic) bond motifs is 1. The average Bonchev–Trinajstić information content (AvgIpc) is 3.30. The van der Waals surface area contributed by atoms with E-state index in [1.807, 2.05) is 6.20 Å². The van der Waals surface area contributed by atoms with E-state index in [1.165, 1.54) is 30.6 Å². The zero-order chi connectivity index (χ0) is 24.9. The first kappa shape index (κ1) is 25.3. The van der Waals surface area contributed by atoms with E-state index in [9.17, 15) is 0 Å². The molecule has 2 aromatic heterocycles. The Bertz CT molecular complexity index is 1060. The molecule has 1 saturated carbocycles. The summed E-state index contributed by atoms with van der Waals surface area (Å²) in [5, 5.41) is 19.1. The summed E-state index contributed by atoms with van der Waals surface area (Å²) in [5.41, 5.74) is 1.65. The van der Waals surface area contributed by atoms with Crippen molar-refractivity contribution in [1.29, 1.82) is 5.41 Å². The van der Waals surface area contributed by atoms with Gasteiger partial charge in [-0.15, -0.1) is 0 Å². The number of nitrogens with zero attached hydrogens (tertiary/aromatic N) is 4. The lowest BCUT2D eigenvalue weighted by Crippen LogP contribution is -2.46. The molecule has 4 heterocycles. The molecule has 0 unspecified atom stereocenters. The van der Waals surface area contributed by atoms with E-state index in [-0.39, 0.29) is 5.92 Å². The number of morpholine rings is 1. The molecule has 0 aromatic carbocycles. The highest BCUT2D eigenvalue weighted by Gasteiger charge is 2.28. The van der Waals surface area contributed by atoms with Crippen LogP contribution in [0.25, 0.3) is 10.2 Å². The van der Waals surface area contributed by atoms with Gasteiger partial charge in [-0.05, 0) is 43.1 Å². The number of aromatic nitrogens is 3. The van der Waals surface area contributed by atoms with E-state index in [4.69, 9.17) is 29.2 Å². The van der Waals surface area contributed by atoms with Gasteiger partial charge in [0.2, 0.25) is 5.95 Å². The van der Waals surface area contributed by atoms with Gasteiger partial charge in [-0.2, -0.15) is 14.3 Å². The zero-order valence-corrected chi connectivity index (χ0v) is 22.1. The summed E-state index contributed by atoms with van der Waals surface area (Å²) in [6, 6.07) is 1.03. The molecule has 2 aliphatic heterocycles. The SMILES string of the molecule is CC(C)c1nsc2nc(N/C(C=N)=C/NCC3COC3)nc(N[C@H]3CC[C@H](N4CCOCC4)CC3)c12. The molecule has 1 aliphatic carbocycles. The molecule has 3 fully saturated rings. The summed E-state index contributed by atoms with van der Waals surface area (Å²) < 4.78 is 15.5. The Hall–Kier alpha value is -2.34. The minimum absolute atomic E-state index is 0.287. The van der Waals surface area contributed by atoms with Crippen molar-refractivity contribution in [3.8, 4) is 0 Å². The first-order valence-corrected chi connectivity index (χ1v) is 13.9. The predicted molar refractivity (Wildman–Crippen MR) is 144 cm³/mol. The normalized spacial score (nSPS) is 24.0. The second-order valence-electron chi connectivity index (χ2n) is 10.3. The lowest BCUT2D eigenvalue weighted by Gasteiger charge is -2.39. The quantitative estimate of drug-likeness (QED) is 0.354. The highest BCUT2D eigenvalue weighted by Crippen LogP contribution is 2.35.